The van der Waals surface area contributed by atoms with Gasteiger partial charge in [-0.1, -0.05) is 48.0 Å². The lowest BCUT2D eigenvalue weighted by atomic mass is 10.0. The summed E-state index contributed by atoms with van der Waals surface area (Å²) in [7, 11) is 0. The molecule has 0 amide bonds. The largest absolute Gasteiger partial charge is 0.473 e. The van der Waals surface area contributed by atoms with E-state index >= 15 is 0 Å². The lowest BCUT2D eigenvalue weighted by Crippen LogP contribution is -2.09. The van der Waals surface area contributed by atoms with Gasteiger partial charge in [-0.25, -0.2) is 9.59 Å². The molecule has 2 aromatic carbocycles. The van der Waals surface area contributed by atoms with Crippen LogP contribution in [-0.4, -0.2) is 33.7 Å². The normalized spacial score (nSPS) is 10.2. The Bertz CT molecular complexity index is 879. The van der Waals surface area contributed by atoms with Crippen LogP contribution in [0, 0.1) is 0 Å². The summed E-state index contributed by atoms with van der Waals surface area (Å²) < 4.78 is 0. The number of aromatic amines is 1. The van der Waals surface area contributed by atoms with Crippen molar-refractivity contribution >= 4 is 34.4 Å². The summed E-state index contributed by atoms with van der Waals surface area (Å²) in [4.78, 5) is 21.5. The number of nitrogens with two attached hydrogens (primary N) is 1. The maximum atomic E-state index is 9.10. The van der Waals surface area contributed by atoms with Crippen molar-refractivity contribution in [3.05, 3.63) is 59.2 Å². The summed E-state index contributed by atoms with van der Waals surface area (Å²) in [6.45, 7) is 0.624. The Labute approximate surface area is 148 Å². The predicted molar refractivity (Wildman–Crippen MR) is 96.8 cm³/mol. The maximum Gasteiger partial charge on any atom is 0.414 e. The number of hydrogen-bond donors (Lipinski definition) is 4. The molecule has 0 unspecified atom stereocenters. The molecule has 1 heterocycles. The van der Waals surface area contributed by atoms with E-state index in [1.54, 1.807) is 0 Å². The van der Waals surface area contributed by atoms with Gasteiger partial charge < -0.3 is 20.9 Å². The third kappa shape index (κ3) is 4.37. The number of benzene rings is 2. The smallest absolute Gasteiger partial charge is 0.414 e. The number of carboxylic acids is 2. The van der Waals surface area contributed by atoms with Gasteiger partial charge in [-0.05, 0) is 30.2 Å². The molecule has 0 aliphatic carbocycles. The standard InChI is InChI=1S/C16H15ClN2.C2H2O4/c17-16-13(11-4-2-1-3-5-11)6-7-14-15(16)12(8-9-18)10-19-14;3-1(4)2(5)6/h1-7,10,19H,8-9,18H2;(H,3,4)(H,5,6). The van der Waals surface area contributed by atoms with Gasteiger partial charge in [0.05, 0.1) is 5.02 Å². The predicted octanol–water partition coefficient (Wildman–Crippen LogP) is 3.15. The van der Waals surface area contributed by atoms with E-state index in [0.29, 0.717) is 6.54 Å². The third-order valence-electron chi connectivity index (χ3n) is 3.55. The van der Waals surface area contributed by atoms with Crippen LogP contribution < -0.4 is 5.73 Å². The van der Waals surface area contributed by atoms with Gasteiger partial charge in [-0.3, -0.25) is 0 Å². The molecule has 0 aliphatic heterocycles. The summed E-state index contributed by atoms with van der Waals surface area (Å²) in [6.07, 6.45) is 2.83. The topological polar surface area (TPSA) is 116 Å². The first-order valence-corrected chi connectivity index (χ1v) is 7.83. The molecule has 3 rings (SSSR count). The van der Waals surface area contributed by atoms with E-state index in [1.807, 2.05) is 24.4 Å². The first kappa shape index (κ1) is 18.5. The van der Waals surface area contributed by atoms with Crippen LogP contribution in [0.1, 0.15) is 5.56 Å². The Kier molecular flexibility index (Phi) is 6.16. The van der Waals surface area contributed by atoms with Crippen molar-refractivity contribution in [2.75, 3.05) is 6.54 Å². The summed E-state index contributed by atoms with van der Waals surface area (Å²) in [6, 6.07) is 14.3. The highest BCUT2D eigenvalue weighted by atomic mass is 35.5. The van der Waals surface area contributed by atoms with Gasteiger partial charge in [-0.2, -0.15) is 0 Å². The summed E-state index contributed by atoms with van der Waals surface area (Å²) in [5, 5.41) is 16.7. The van der Waals surface area contributed by atoms with Gasteiger partial charge in [0.15, 0.2) is 0 Å². The van der Waals surface area contributed by atoms with Crippen molar-refractivity contribution < 1.29 is 19.8 Å². The van der Waals surface area contributed by atoms with Crippen molar-refractivity contribution in [2.45, 2.75) is 6.42 Å². The SMILES string of the molecule is NCCc1c[nH]c2ccc(-c3ccccc3)c(Cl)c12.O=C(O)C(=O)O. The molecule has 0 aliphatic rings. The van der Waals surface area contributed by atoms with Crippen LogP contribution >= 0.6 is 11.6 Å². The van der Waals surface area contributed by atoms with E-state index in [9.17, 15) is 0 Å². The molecule has 0 radical (unpaired) electrons. The summed E-state index contributed by atoms with van der Waals surface area (Å²) in [5.41, 5.74) is 10.1. The number of fused-ring (bicyclic) bond motifs is 1. The first-order valence-electron chi connectivity index (χ1n) is 7.45. The van der Waals surface area contributed by atoms with Crippen molar-refractivity contribution in [1.82, 2.24) is 4.98 Å². The lowest BCUT2D eigenvalue weighted by Gasteiger charge is -2.07. The minimum Gasteiger partial charge on any atom is -0.473 e. The minimum atomic E-state index is -1.82. The van der Waals surface area contributed by atoms with E-state index in [0.717, 1.165) is 33.5 Å². The number of nitrogens with one attached hydrogen (secondary N) is 1. The van der Waals surface area contributed by atoms with Crippen LogP contribution in [0.3, 0.4) is 0 Å². The highest BCUT2D eigenvalue weighted by Crippen LogP contribution is 2.35. The fraction of sp³-hybridized carbons (Fsp3) is 0.111. The molecule has 0 fully saturated rings. The quantitative estimate of drug-likeness (QED) is 0.535. The number of aliphatic carboxylic acids is 2. The zero-order chi connectivity index (χ0) is 18.4. The molecule has 0 spiro atoms. The highest BCUT2D eigenvalue weighted by molar-refractivity contribution is 6.38. The molecule has 5 N–H and O–H groups in total. The third-order valence-corrected chi connectivity index (χ3v) is 3.94. The van der Waals surface area contributed by atoms with Crippen LogP contribution in [0.5, 0.6) is 0 Å². The number of rotatable bonds is 3. The maximum absolute atomic E-state index is 9.10. The van der Waals surface area contributed by atoms with Gasteiger partial charge in [0.2, 0.25) is 0 Å². The molecule has 0 atom stereocenters. The number of halogens is 1. The van der Waals surface area contributed by atoms with Crippen LogP contribution in [0.15, 0.2) is 48.7 Å². The minimum absolute atomic E-state index is 0.624. The van der Waals surface area contributed by atoms with E-state index in [1.165, 1.54) is 5.56 Å². The second kappa shape index (κ2) is 8.32. The average Bonchev–Trinajstić information content (AvgIpc) is 3.01. The number of carboxylic acid groups (broad SMARTS) is 2. The molecule has 130 valence electrons. The van der Waals surface area contributed by atoms with Gasteiger partial charge in [-0.15, -0.1) is 0 Å². The average molecular weight is 361 g/mol. The molecule has 1 aromatic heterocycles. The van der Waals surface area contributed by atoms with Crippen LogP contribution in [0.4, 0.5) is 0 Å². The monoisotopic (exact) mass is 360 g/mol. The Hall–Kier alpha value is -2.83. The fourth-order valence-corrected chi connectivity index (χ4v) is 2.84. The highest BCUT2D eigenvalue weighted by Gasteiger charge is 2.12. The molecular weight excluding hydrogens is 344 g/mol. The number of hydrogen-bond acceptors (Lipinski definition) is 3. The van der Waals surface area contributed by atoms with E-state index in [-0.39, 0.29) is 0 Å². The zero-order valence-corrected chi connectivity index (χ0v) is 14.0. The zero-order valence-electron chi connectivity index (χ0n) is 13.2. The second-order valence-electron chi connectivity index (χ2n) is 5.18. The van der Waals surface area contributed by atoms with Gasteiger partial charge in [0, 0.05) is 22.7 Å². The lowest BCUT2D eigenvalue weighted by molar-refractivity contribution is -0.159. The van der Waals surface area contributed by atoms with Gasteiger partial charge in [0.25, 0.3) is 0 Å². The van der Waals surface area contributed by atoms with E-state index in [2.05, 4.69) is 29.2 Å². The molecule has 7 heteroatoms. The molecule has 6 nitrogen and oxygen atoms in total. The van der Waals surface area contributed by atoms with Crippen molar-refractivity contribution in [1.29, 1.82) is 0 Å². The Balaban J connectivity index is 0.000000326. The Morgan fingerprint density at radius 1 is 1.04 bits per heavy atom. The molecule has 0 bridgehead atoms. The Morgan fingerprint density at radius 2 is 1.68 bits per heavy atom. The van der Waals surface area contributed by atoms with Crippen LogP contribution in [-0.2, 0) is 16.0 Å². The van der Waals surface area contributed by atoms with Crippen LogP contribution in [0.25, 0.3) is 22.0 Å². The molecular formula is C18H17ClN2O4. The van der Waals surface area contributed by atoms with Crippen LogP contribution in [0.2, 0.25) is 5.02 Å². The summed E-state index contributed by atoms with van der Waals surface area (Å²) >= 11 is 6.60. The molecule has 3 aromatic rings. The molecule has 0 saturated heterocycles. The molecule has 25 heavy (non-hydrogen) atoms. The number of carbonyl (C=O) groups is 2. The second-order valence-corrected chi connectivity index (χ2v) is 5.56. The van der Waals surface area contributed by atoms with E-state index < -0.39 is 11.9 Å². The van der Waals surface area contributed by atoms with Crippen molar-refractivity contribution in [3.8, 4) is 11.1 Å². The van der Waals surface area contributed by atoms with Gasteiger partial charge in [0.1, 0.15) is 0 Å². The fourth-order valence-electron chi connectivity index (χ4n) is 2.44. The summed E-state index contributed by atoms with van der Waals surface area (Å²) in [5.74, 6) is -3.65. The number of H-pyrrole nitrogens is 1. The van der Waals surface area contributed by atoms with Gasteiger partial charge >= 0.3 is 11.9 Å². The number of aromatic nitrogens is 1. The molecule has 0 saturated carbocycles. The van der Waals surface area contributed by atoms with Crippen molar-refractivity contribution in [2.24, 2.45) is 5.73 Å². The van der Waals surface area contributed by atoms with E-state index in [4.69, 9.17) is 37.1 Å². The first-order chi connectivity index (χ1) is 12.0. The Morgan fingerprint density at radius 3 is 2.24 bits per heavy atom. The van der Waals surface area contributed by atoms with Crippen molar-refractivity contribution in [3.63, 3.8) is 0 Å².